The minimum Gasteiger partial charge on any atom is -0.497 e. The number of aromatic nitrogens is 1. The van der Waals surface area contributed by atoms with Gasteiger partial charge < -0.3 is 19.7 Å². The van der Waals surface area contributed by atoms with Crippen LogP contribution in [0.25, 0.3) is 10.9 Å². The van der Waals surface area contributed by atoms with Crippen LogP contribution in [0.1, 0.15) is 41.8 Å². The van der Waals surface area contributed by atoms with Crippen LogP contribution in [0.2, 0.25) is 0 Å². The molecule has 0 saturated carbocycles. The van der Waals surface area contributed by atoms with E-state index in [-0.39, 0.29) is 17.4 Å². The average Bonchev–Trinajstić information content (AvgIpc) is 2.92. The first-order valence-electron chi connectivity index (χ1n) is 12.3. The van der Waals surface area contributed by atoms with Gasteiger partial charge in [0.15, 0.2) is 0 Å². The van der Waals surface area contributed by atoms with Crippen molar-refractivity contribution >= 4 is 22.8 Å². The molecule has 3 fully saturated rings. The number of carbonyl (C=O) groups excluding carboxylic acids is 1. The van der Waals surface area contributed by atoms with Gasteiger partial charge in [0, 0.05) is 31.1 Å². The quantitative estimate of drug-likeness (QED) is 0.287. The number of carboxylic acids is 1. The molecule has 1 unspecified atom stereocenters. The summed E-state index contributed by atoms with van der Waals surface area (Å²) >= 11 is 0. The first-order valence-corrected chi connectivity index (χ1v) is 12.3. The van der Waals surface area contributed by atoms with Gasteiger partial charge in [-0.2, -0.15) is 0 Å². The Hall–Kier alpha value is -3.75. The van der Waals surface area contributed by atoms with Crippen LogP contribution in [-0.4, -0.2) is 58.3 Å². The molecule has 0 spiro atoms. The van der Waals surface area contributed by atoms with Crippen LogP contribution >= 0.6 is 0 Å². The Balaban J connectivity index is 0.000000209. The van der Waals surface area contributed by atoms with E-state index in [0.717, 1.165) is 41.7 Å². The van der Waals surface area contributed by atoms with Crippen LogP contribution in [0, 0.1) is 11.8 Å². The highest BCUT2D eigenvalue weighted by Gasteiger charge is 2.42. The van der Waals surface area contributed by atoms with Crippen molar-refractivity contribution in [3.63, 3.8) is 0 Å². The number of aromatic carboxylic acids is 1. The zero-order chi connectivity index (χ0) is 26.5. The van der Waals surface area contributed by atoms with E-state index < -0.39 is 18.0 Å². The summed E-state index contributed by atoms with van der Waals surface area (Å²) in [4.78, 5) is 28.0. The number of hydrogen-bond donors (Lipinski definition) is 2. The number of para-hydroxylation sites is 1. The summed E-state index contributed by atoms with van der Waals surface area (Å²) < 4.78 is 10.0. The first kappa shape index (κ1) is 26.3. The number of carboxylic acid groups (broad SMARTS) is 1. The Kier molecular flexibility index (Phi) is 8.21. The summed E-state index contributed by atoms with van der Waals surface area (Å²) in [5.74, 6) is 0.431. The zero-order valence-electron chi connectivity index (χ0n) is 21.0. The molecule has 8 nitrogen and oxygen atoms in total. The van der Waals surface area contributed by atoms with E-state index >= 15 is 0 Å². The minimum atomic E-state index is -1.11. The number of fused-ring (bicyclic) bond motifs is 4. The number of aliphatic hydroxyl groups is 1. The molecule has 0 amide bonds. The predicted molar refractivity (Wildman–Crippen MR) is 140 cm³/mol. The van der Waals surface area contributed by atoms with Crippen molar-refractivity contribution in [1.82, 2.24) is 9.88 Å². The second-order valence-electron chi connectivity index (χ2n) is 9.37. The molecule has 3 saturated heterocycles. The Morgan fingerprint density at radius 1 is 1.22 bits per heavy atom. The normalized spacial score (nSPS) is 22.9. The number of esters is 1. The summed E-state index contributed by atoms with van der Waals surface area (Å²) in [6, 6.07) is 13.9. The lowest BCUT2D eigenvalue weighted by molar-refractivity contribution is -0.131. The van der Waals surface area contributed by atoms with Crippen molar-refractivity contribution in [2.75, 3.05) is 20.2 Å². The molecule has 8 heteroatoms. The largest absolute Gasteiger partial charge is 0.497 e. The number of rotatable bonds is 6. The number of carbonyl (C=O) groups is 2. The van der Waals surface area contributed by atoms with Crippen molar-refractivity contribution in [1.29, 1.82) is 0 Å². The van der Waals surface area contributed by atoms with Gasteiger partial charge in [-0.15, -0.1) is 6.58 Å². The molecule has 37 heavy (non-hydrogen) atoms. The SMILES string of the molecule is C=C[C@H]1CN2CC[C@H]1C[C@H]2[C@H](O)c1ccnc2ccc(OC)cc12.CC(=O)Oc1ccccc1C(=O)O. The van der Waals surface area contributed by atoms with E-state index in [4.69, 9.17) is 9.84 Å². The minimum absolute atomic E-state index is 0.0160. The predicted octanol–water partition coefficient (Wildman–Crippen LogP) is 4.48. The number of nitrogens with zero attached hydrogens (tertiary/aromatic N) is 2. The van der Waals surface area contributed by atoms with Crippen molar-refractivity contribution in [3.05, 3.63) is 78.5 Å². The second kappa shape index (κ2) is 11.5. The average molecular weight is 505 g/mol. The Bertz CT molecular complexity index is 1290. The summed E-state index contributed by atoms with van der Waals surface area (Å²) in [5, 5.41) is 20.8. The number of hydrogen-bond acceptors (Lipinski definition) is 7. The van der Waals surface area contributed by atoms with E-state index in [0.29, 0.717) is 11.8 Å². The maximum atomic E-state index is 11.2. The molecule has 2 aromatic carbocycles. The first-order chi connectivity index (χ1) is 17.8. The highest BCUT2D eigenvalue weighted by atomic mass is 16.5. The van der Waals surface area contributed by atoms with Gasteiger partial charge in [0.2, 0.25) is 0 Å². The third-order valence-electron chi connectivity index (χ3n) is 7.19. The molecule has 0 aliphatic carbocycles. The van der Waals surface area contributed by atoms with Crippen molar-refractivity contribution in [2.45, 2.75) is 31.9 Å². The smallest absolute Gasteiger partial charge is 0.339 e. The van der Waals surface area contributed by atoms with Gasteiger partial charge in [-0.1, -0.05) is 18.2 Å². The summed E-state index contributed by atoms with van der Waals surface area (Å²) in [5.41, 5.74) is 1.83. The van der Waals surface area contributed by atoms with Gasteiger partial charge in [0.1, 0.15) is 17.1 Å². The van der Waals surface area contributed by atoms with Crippen LogP contribution in [0.15, 0.2) is 67.4 Å². The van der Waals surface area contributed by atoms with Crippen LogP contribution in [0.3, 0.4) is 0 Å². The molecule has 1 aromatic heterocycles. The van der Waals surface area contributed by atoms with E-state index in [1.54, 1.807) is 25.4 Å². The molecule has 6 rings (SSSR count). The zero-order valence-corrected chi connectivity index (χ0v) is 21.0. The van der Waals surface area contributed by atoms with E-state index in [1.807, 2.05) is 24.3 Å². The number of pyridine rings is 1. The monoisotopic (exact) mass is 504 g/mol. The number of benzene rings is 2. The summed E-state index contributed by atoms with van der Waals surface area (Å²) in [6.07, 6.45) is 5.62. The fraction of sp³-hybridized carbons (Fsp3) is 0.345. The molecular weight excluding hydrogens is 472 g/mol. The van der Waals surface area contributed by atoms with Crippen LogP contribution in [0.5, 0.6) is 11.5 Å². The van der Waals surface area contributed by atoms with Gasteiger partial charge >= 0.3 is 11.9 Å². The molecule has 3 aliphatic heterocycles. The van der Waals surface area contributed by atoms with E-state index in [9.17, 15) is 14.7 Å². The second-order valence-corrected chi connectivity index (χ2v) is 9.37. The number of aliphatic hydroxyl groups excluding tert-OH is 1. The topological polar surface area (TPSA) is 109 Å². The third kappa shape index (κ3) is 5.81. The Morgan fingerprint density at radius 2 is 2.00 bits per heavy atom. The lowest BCUT2D eigenvalue weighted by atomic mass is 9.73. The summed E-state index contributed by atoms with van der Waals surface area (Å²) in [6.45, 7) is 7.29. The van der Waals surface area contributed by atoms with Crippen LogP contribution in [-0.2, 0) is 4.79 Å². The van der Waals surface area contributed by atoms with Gasteiger partial charge in [-0.05, 0) is 73.2 Å². The lowest BCUT2D eigenvalue weighted by Crippen LogP contribution is -2.54. The number of ether oxygens (including phenoxy) is 2. The van der Waals surface area contributed by atoms with Gasteiger partial charge in [-0.3, -0.25) is 14.7 Å². The molecule has 3 aliphatic rings. The van der Waals surface area contributed by atoms with Crippen molar-refractivity contribution in [2.24, 2.45) is 11.8 Å². The van der Waals surface area contributed by atoms with Crippen molar-refractivity contribution < 1.29 is 29.3 Å². The molecule has 194 valence electrons. The third-order valence-corrected chi connectivity index (χ3v) is 7.19. The van der Waals surface area contributed by atoms with Gasteiger partial charge in [0.25, 0.3) is 0 Å². The number of piperidine rings is 3. The van der Waals surface area contributed by atoms with Crippen LogP contribution < -0.4 is 9.47 Å². The fourth-order valence-electron chi connectivity index (χ4n) is 5.33. The van der Waals surface area contributed by atoms with Gasteiger partial charge in [0.05, 0.1) is 18.7 Å². The Morgan fingerprint density at radius 3 is 2.65 bits per heavy atom. The molecule has 3 aromatic rings. The fourth-order valence-corrected chi connectivity index (χ4v) is 5.33. The standard InChI is InChI=1S/C20H24N2O2.C9H8O4/c1-3-13-12-22-9-7-14(13)10-19(22)20(23)16-6-8-21-18-5-4-15(24-2)11-17(16)18;1-6(10)13-8-5-3-2-4-7(8)9(11)12/h3-6,8,11,13-14,19-20,23H,1,7,9-10,12H2,2H3;2-5H,1H3,(H,11,12)/t13-,14-,19-,20+;/m0./s1. The number of methoxy groups -OCH3 is 1. The van der Waals surface area contributed by atoms with Crippen molar-refractivity contribution in [3.8, 4) is 11.5 Å². The molecule has 2 N–H and O–H groups in total. The summed E-state index contributed by atoms with van der Waals surface area (Å²) in [7, 11) is 1.66. The van der Waals surface area contributed by atoms with Crippen LogP contribution in [0.4, 0.5) is 0 Å². The highest BCUT2D eigenvalue weighted by molar-refractivity contribution is 5.91. The molecule has 4 heterocycles. The maximum absolute atomic E-state index is 11.2. The maximum Gasteiger partial charge on any atom is 0.339 e. The highest BCUT2D eigenvalue weighted by Crippen LogP contribution is 2.42. The van der Waals surface area contributed by atoms with E-state index in [2.05, 4.69) is 27.3 Å². The van der Waals surface area contributed by atoms with E-state index in [1.165, 1.54) is 25.5 Å². The lowest BCUT2D eigenvalue weighted by Gasteiger charge is -2.50. The molecule has 0 radical (unpaired) electrons. The molecule has 2 bridgehead atoms. The Labute approximate surface area is 216 Å². The molecule has 5 atom stereocenters. The van der Waals surface area contributed by atoms with Gasteiger partial charge in [-0.25, -0.2) is 4.79 Å². The molecular formula is C29H32N2O6.